The van der Waals surface area contributed by atoms with Crippen LogP contribution in [-0.2, 0) is 6.54 Å². The lowest BCUT2D eigenvalue weighted by Gasteiger charge is -2.32. The number of piperidine rings is 1. The minimum atomic E-state index is -0.166. The van der Waals surface area contributed by atoms with Gasteiger partial charge in [-0.15, -0.1) is 0 Å². The molecule has 1 fully saturated rings. The summed E-state index contributed by atoms with van der Waals surface area (Å²) in [7, 11) is 0. The van der Waals surface area contributed by atoms with E-state index < -0.39 is 0 Å². The van der Waals surface area contributed by atoms with Crippen LogP contribution < -0.4 is 5.56 Å². The van der Waals surface area contributed by atoms with Crippen LogP contribution in [0.25, 0.3) is 0 Å². The molecule has 6 nitrogen and oxygen atoms in total. The minimum Gasteiger partial charge on any atom is -0.508 e. The molecule has 1 aromatic heterocycles. The Morgan fingerprint density at radius 3 is 2.50 bits per heavy atom. The van der Waals surface area contributed by atoms with E-state index in [4.69, 9.17) is 0 Å². The molecule has 1 aliphatic heterocycles. The average molecular weight is 355 g/mol. The molecular weight excluding hydrogens is 330 g/mol. The summed E-state index contributed by atoms with van der Waals surface area (Å²) in [5.41, 5.74) is 1.37. The number of hydrogen-bond donors (Lipinski definition) is 1. The van der Waals surface area contributed by atoms with Crippen LogP contribution in [0.4, 0.5) is 0 Å². The van der Waals surface area contributed by atoms with Crippen molar-refractivity contribution in [2.75, 3.05) is 13.1 Å². The summed E-state index contributed by atoms with van der Waals surface area (Å²) < 4.78 is 1.39. The number of benzene rings is 1. The third-order valence-electron chi connectivity index (χ3n) is 4.96. The van der Waals surface area contributed by atoms with Crippen molar-refractivity contribution in [3.05, 3.63) is 58.0 Å². The Balaban J connectivity index is 1.65. The van der Waals surface area contributed by atoms with Crippen LogP contribution in [0.5, 0.6) is 5.75 Å². The third kappa shape index (κ3) is 4.12. The van der Waals surface area contributed by atoms with Gasteiger partial charge in [0.2, 0.25) is 0 Å². The van der Waals surface area contributed by atoms with E-state index >= 15 is 0 Å². The Bertz CT molecular complexity index is 806. The van der Waals surface area contributed by atoms with Gasteiger partial charge in [0.05, 0.1) is 0 Å². The highest BCUT2D eigenvalue weighted by molar-refractivity contribution is 5.92. The van der Waals surface area contributed by atoms with Crippen molar-refractivity contribution in [2.24, 2.45) is 0 Å². The first-order chi connectivity index (χ1) is 12.6. The molecule has 1 N–H and O–H groups in total. The van der Waals surface area contributed by atoms with E-state index in [1.165, 1.54) is 22.4 Å². The average Bonchev–Trinajstić information content (AvgIpc) is 2.67. The van der Waals surface area contributed by atoms with Crippen molar-refractivity contribution in [2.45, 2.75) is 45.1 Å². The molecule has 2 aromatic rings. The highest BCUT2D eigenvalue weighted by Crippen LogP contribution is 2.29. The second-order valence-electron chi connectivity index (χ2n) is 6.79. The Labute approximate surface area is 153 Å². The smallest absolute Gasteiger partial charge is 0.274 e. The van der Waals surface area contributed by atoms with Crippen LogP contribution in [0, 0.1) is 0 Å². The number of unbranched alkanes of at least 4 members (excludes halogenated alkanes) is 1. The first-order valence-corrected chi connectivity index (χ1v) is 9.25. The second-order valence-corrected chi connectivity index (χ2v) is 6.79. The van der Waals surface area contributed by atoms with E-state index in [-0.39, 0.29) is 17.2 Å². The van der Waals surface area contributed by atoms with Crippen LogP contribution in [0.15, 0.2) is 41.2 Å². The number of carbonyl (C=O) groups excluding carboxylic acids is 1. The number of rotatable bonds is 5. The van der Waals surface area contributed by atoms with Gasteiger partial charge in [-0.05, 0) is 48.9 Å². The van der Waals surface area contributed by atoms with Gasteiger partial charge >= 0.3 is 0 Å². The molecule has 0 bridgehead atoms. The zero-order valence-corrected chi connectivity index (χ0v) is 15.1. The van der Waals surface area contributed by atoms with Gasteiger partial charge in [0, 0.05) is 25.7 Å². The molecule has 3 rings (SSSR count). The second kappa shape index (κ2) is 8.17. The first kappa shape index (κ1) is 18.2. The molecule has 26 heavy (non-hydrogen) atoms. The van der Waals surface area contributed by atoms with Crippen LogP contribution in [0.1, 0.15) is 54.6 Å². The summed E-state index contributed by atoms with van der Waals surface area (Å²) in [6, 6.07) is 10.3. The van der Waals surface area contributed by atoms with Crippen LogP contribution in [0.2, 0.25) is 0 Å². The zero-order valence-electron chi connectivity index (χ0n) is 15.1. The maximum Gasteiger partial charge on any atom is 0.274 e. The molecule has 1 amide bonds. The van der Waals surface area contributed by atoms with E-state index in [1.807, 2.05) is 17.0 Å². The summed E-state index contributed by atoms with van der Waals surface area (Å²) in [4.78, 5) is 26.4. The van der Waals surface area contributed by atoms with Gasteiger partial charge in [-0.1, -0.05) is 25.5 Å². The Kier molecular flexibility index (Phi) is 5.71. The van der Waals surface area contributed by atoms with Gasteiger partial charge in [0.1, 0.15) is 11.4 Å². The maximum absolute atomic E-state index is 12.7. The molecule has 0 spiro atoms. The quantitative estimate of drug-likeness (QED) is 0.895. The molecule has 0 radical (unpaired) electrons. The van der Waals surface area contributed by atoms with Crippen molar-refractivity contribution in [1.29, 1.82) is 0 Å². The molecule has 6 heteroatoms. The maximum atomic E-state index is 12.7. The fourth-order valence-electron chi connectivity index (χ4n) is 3.36. The summed E-state index contributed by atoms with van der Waals surface area (Å²) in [5, 5.41) is 13.7. The van der Waals surface area contributed by atoms with Crippen molar-refractivity contribution < 1.29 is 9.90 Å². The van der Waals surface area contributed by atoms with Crippen LogP contribution >= 0.6 is 0 Å². The van der Waals surface area contributed by atoms with Gasteiger partial charge in [-0.2, -0.15) is 5.10 Å². The van der Waals surface area contributed by atoms with E-state index in [0.717, 1.165) is 25.7 Å². The molecule has 0 unspecified atom stereocenters. The lowest BCUT2D eigenvalue weighted by Crippen LogP contribution is -2.39. The van der Waals surface area contributed by atoms with Crippen LogP contribution in [-0.4, -0.2) is 38.8 Å². The minimum absolute atomic E-state index is 0.112. The Hall–Kier alpha value is -2.63. The predicted molar refractivity (Wildman–Crippen MR) is 99.4 cm³/mol. The number of phenolic OH excluding ortho intramolecular Hbond substituents is 1. The van der Waals surface area contributed by atoms with Crippen LogP contribution in [0.3, 0.4) is 0 Å². The van der Waals surface area contributed by atoms with Gasteiger partial charge < -0.3 is 10.0 Å². The molecule has 2 heterocycles. The standard InChI is InChI=1S/C20H25N3O3/c1-2-3-12-23-19(25)9-8-18(21-23)20(26)22-13-10-16(11-14-22)15-4-6-17(24)7-5-15/h4-9,16,24H,2-3,10-14H2,1H3. The first-order valence-electron chi connectivity index (χ1n) is 9.25. The van der Waals surface area contributed by atoms with Gasteiger partial charge in [-0.3, -0.25) is 9.59 Å². The van der Waals surface area contributed by atoms with Crippen molar-refractivity contribution >= 4 is 5.91 Å². The largest absolute Gasteiger partial charge is 0.508 e. The molecule has 0 aliphatic carbocycles. The number of aryl methyl sites for hydroxylation is 1. The fraction of sp³-hybridized carbons (Fsp3) is 0.450. The number of nitrogens with zero attached hydrogens (tertiary/aromatic N) is 3. The number of likely N-dealkylation sites (tertiary alicyclic amines) is 1. The number of phenols is 1. The summed E-state index contributed by atoms with van der Waals surface area (Å²) in [6.45, 7) is 3.93. The molecule has 0 atom stereocenters. The topological polar surface area (TPSA) is 75.4 Å². The number of aromatic nitrogens is 2. The molecule has 1 aliphatic rings. The lowest BCUT2D eigenvalue weighted by molar-refractivity contribution is 0.0704. The number of hydrogen-bond acceptors (Lipinski definition) is 4. The SMILES string of the molecule is CCCCn1nc(C(=O)N2CCC(c3ccc(O)cc3)CC2)ccc1=O. The molecular formula is C20H25N3O3. The molecule has 1 aromatic carbocycles. The summed E-state index contributed by atoms with van der Waals surface area (Å²) in [5.74, 6) is 0.552. The fourth-order valence-corrected chi connectivity index (χ4v) is 3.36. The number of carbonyl (C=O) groups is 1. The van der Waals surface area contributed by atoms with Gasteiger partial charge in [-0.25, -0.2) is 4.68 Å². The van der Waals surface area contributed by atoms with Crippen molar-refractivity contribution in [1.82, 2.24) is 14.7 Å². The zero-order chi connectivity index (χ0) is 18.5. The highest BCUT2D eigenvalue weighted by Gasteiger charge is 2.25. The van der Waals surface area contributed by atoms with E-state index in [0.29, 0.717) is 31.2 Å². The highest BCUT2D eigenvalue weighted by atomic mass is 16.3. The van der Waals surface area contributed by atoms with E-state index in [2.05, 4.69) is 12.0 Å². The summed E-state index contributed by atoms with van der Waals surface area (Å²) in [6.07, 6.45) is 3.59. The van der Waals surface area contributed by atoms with E-state index in [1.54, 1.807) is 12.1 Å². The number of amides is 1. The van der Waals surface area contributed by atoms with Crippen molar-refractivity contribution in [3.8, 4) is 5.75 Å². The van der Waals surface area contributed by atoms with Crippen molar-refractivity contribution in [3.63, 3.8) is 0 Å². The Morgan fingerprint density at radius 1 is 1.15 bits per heavy atom. The summed E-state index contributed by atoms with van der Waals surface area (Å²) >= 11 is 0. The normalized spacial score (nSPS) is 15.2. The van der Waals surface area contributed by atoms with Gasteiger partial charge in [0.25, 0.3) is 11.5 Å². The lowest BCUT2D eigenvalue weighted by atomic mass is 9.89. The number of aromatic hydroxyl groups is 1. The monoisotopic (exact) mass is 355 g/mol. The predicted octanol–water partition coefficient (Wildman–Crippen LogP) is 2.77. The van der Waals surface area contributed by atoms with E-state index in [9.17, 15) is 14.7 Å². The Morgan fingerprint density at radius 2 is 1.85 bits per heavy atom. The third-order valence-corrected chi connectivity index (χ3v) is 4.96. The molecule has 0 saturated carbocycles. The molecule has 138 valence electrons. The van der Waals surface area contributed by atoms with Gasteiger partial charge in [0.15, 0.2) is 0 Å². The molecule has 1 saturated heterocycles.